The van der Waals surface area contributed by atoms with Crippen LogP contribution in [-0.4, -0.2) is 182 Å². The highest BCUT2D eigenvalue weighted by molar-refractivity contribution is 6.02. The molecule has 4 heterocycles. The second-order valence-electron chi connectivity index (χ2n) is 24.0. The quantitative estimate of drug-likeness (QED) is 0.0192. The van der Waals surface area contributed by atoms with Crippen molar-refractivity contribution in [3.63, 3.8) is 0 Å². The number of phenols is 2. The predicted molar refractivity (Wildman–Crippen MR) is 324 cm³/mol. The molecule has 22 nitrogen and oxygen atoms in total. The first-order valence-electron chi connectivity index (χ1n) is 30.0. The van der Waals surface area contributed by atoms with Crippen LogP contribution in [0.2, 0.25) is 0 Å². The molecular formula is C64H85N11O11. The minimum absolute atomic E-state index is 0.0359. The summed E-state index contributed by atoms with van der Waals surface area (Å²) in [6.45, 7) is 18.6. The van der Waals surface area contributed by atoms with Crippen molar-refractivity contribution >= 4 is 35.2 Å². The van der Waals surface area contributed by atoms with Gasteiger partial charge in [-0.15, -0.1) is 5.10 Å². The first-order chi connectivity index (χ1) is 41.2. The van der Waals surface area contributed by atoms with Crippen LogP contribution in [0.15, 0.2) is 102 Å². The van der Waals surface area contributed by atoms with Gasteiger partial charge in [-0.2, -0.15) is 0 Å². The van der Waals surface area contributed by atoms with E-state index in [1.165, 1.54) is 10.6 Å². The van der Waals surface area contributed by atoms with Gasteiger partial charge in [0.05, 0.1) is 43.7 Å². The Morgan fingerprint density at radius 1 is 0.663 bits per heavy atom. The molecule has 86 heavy (non-hydrogen) atoms. The molecule has 0 radical (unpaired) electrons. The molecule has 0 spiro atoms. The highest BCUT2D eigenvalue weighted by Crippen LogP contribution is 2.39. The number of morpholine rings is 1. The lowest BCUT2D eigenvalue weighted by Gasteiger charge is -2.34. The second-order valence-corrected chi connectivity index (χ2v) is 24.0. The molecule has 0 bridgehead atoms. The number of rotatable bonds is 28. The van der Waals surface area contributed by atoms with E-state index in [-0.39, 0.29) is 78.9 Å². The lowest BCUT2D eigenvalue weighted by atomic mass is 9.92. The van der Waals surface area contributed by atoms with Crippen molar-refractivity contribution in [1.29, 1.82) is 0 Å². The van der Waals surface area contributed by atoms with E-state index >= 15 is 0 Å². The molecule has 3 fully saturated rings. The van der Waals surface area contributed by atoms with Crippen LogP contribution >= 0.6 is 0 Å². The molecule has 0 saturated carbocycles. The zero-order valence-electron chi connectivity index (χ0n) is 50.5. The number of carbonyl (C=O) groups is 5. The lowest BCUT2D eigenvalue weighted by Crippen LogP contribution is -2.59. The first-order valence-corrected chi connectivity index (χ1v) is 30.0. The summed E-state index contributed by atoms with van der Waals surface area (Å²) in [7, 11) is 0. The van der Waals surface area contributed by atoms with E-state index in [4.69, 9.17) is 14.3 Å². The van der Waals surface area contributed by atoms with E-state index in [9.17, 15) is 39.3 Å². The average Bonchev–Trinajstić information content (AvgIpc) is 2.21. The number of hydrogen-bond acceptors (Lipinski definition) is 16. The summed E-state index contributed by atoms with van der Waals surface area (Å²) < 4.78 is 12.8. The van der Waals surface area contributed by atoms with Crippen molar-refractivity contribution in [1.82, 2.24) is 50.7 Å². The zero-order chi connectivity index (χ0) is 61.5. The molecule has 7 N–H and O–H groups in total. The van der Waals surface area contributed by atoms with Crippen LogP contribution < -0.4 is 21.3 Å². The molecule has 462 valence electrons. The Morgan fingerprint density at radius 3 is 1.88 bits per heavy atom. The number of piperazine rings is 1. The molecular weight excluding hydrogens is 1100 g/mol. The maximum absolute atomic E-state index is 14.8. The fraction of sp³-hybridized carbons (Fsp3) is 0.500. The maximum Gasteiger partial charge on any atom is 0.319 e. The van der Waals surface area contributed by atoms with E-state index in [2.05, 4.69) is 41.5 Å². The molecule has 1 aromatic heterocycles. The molecule has 5 unspecified atom stereocenters. The number of aromatic hydroxyl groups is 3. The lowest BCUT2D eigenvalue weighted by molar-refractivity contribution is -0.138. The van der Waals surface area contributed by atoms with E-state index in [1.54, 1.807) is 11.0 Å². The number of aromatic nitrogens is 3. The van der Waals surface area contributed by atoms with E-state index < -0.39 is 47.5 Å². The highest BCUT2D eigenvalue weighted by atomic mass is 16.6. The van der Waals surface area contributed by atoms with E-state index in [0.29, 0.717) is 107 Å². The third-order valence-electron chi connectivity index (χ3n) is 15.7. The van der Waals surface area contributed by atoms with Crippen molar-refractivity contribution in [2.75, 3.05) is 72.2 Å². The average molecular weight is 1180 g/mol. The molecule has 3 aliphatic rings. The number of amides is 5. The number of phenolic OH excluding ortho intramolecular Hbond substituents is 2. The monoisotopic (exact) mass is 1180 g/mol. The Bertz CT molecular complexity index is 3100. The van der Waals surface area contributed by atoms with Crippen LogP contribution in [0, 0.1) is 11.8 Å². The summed E-state index contributed by atoms with van der Waals surface area (Å²) in [5.74, 6) is -2.14. The number of hydrogen-bond donors (Lipinski definition) is 7. The summed E-state index contributed by atoms with van der Waals surface area (Å²) >= 11 is 0. The second kappa shape index (κ2) is 29.9. The minimum atomic E-state index is -1.10. The Labute approximate surface area is 503 Å². The summed E-state index contributed by atoms with van der Waals surface area (Å²) in [5.41, 5.74) is 3.81. The fourth-order valence-electron chi connectivity index (χ4n) is 10.8. The number of epoxide rings is 1. The fourth-order valence-corrected chi connectivity index (χ4v) is 10.8. The number of aryl methyl sites for hydroxylation is 1. The van der Waals surface area contributed by atoms with Crippen LogP contribution in [0.25, 0.3) is 17.1 Å². The Hall–Kier alpha value is -7.92. The Kier molecular flexibility index (Phi) is 22.3. The van der Waals surface area contributed by atoms with Crippen molar-refractivity contribution in [2.24, 2.45) is 17.0 Å². The maximum atomic E-state index is 14.8. The van der Waals surface area contributed by atoms with Gasteiger partial charge in [-0.05, 0) is 90.8 Å². The molecule has 22 heteroatoms. The topological polar surface area (TPSA) is 278 Å². The molecule has 5 atom stereocenters. The van der Waals surface area contributed by atoms with Gasteiger partial charge in [0.25, 0.3) is 5.91 Å². The number of nitrogens with one attached hydrogen (secondary N) is 4. The SMILES string of the molecule is CC(C)CC(NC(=O)C(CCc1ccccc1)NC(=O)CN1CCOCC1)C(=O)NC(Cc1ccccc1)C(=O)NC(CC(C)C)C(=NOCC(=O)N1CCN(Cc2ccc(-n3c(O)nnc3-c3cc(C(C)C)c(O)cc3O)cc2)CC1)C1(C)CO1. The number of nitrogens with zero attached hydrogens (tertiary/aromatic N) is 7. The Balaban J connectivity index is 0.898. The molecule has 5 amide bonds. The molecule has 3 saturated heterocycles. The molecule has 4 aromatic carbocycles. The number of carbonyl (C=O) groups excluding carboxylic acids is 5. The Morgan fingerprint density at radius 2 is 1.26 bits per heavy atom. The predicted octanol–water partition coefficient (Wildman–Crippen LogP) is 5.22. The van der Waals surface area contributed by atoms with Gasteiger partial charge in [0.2, 0.25) is 23.6 Å². The van der Waals surface area contributed by atoms with E-state index in [0.717, 1.165) is 16.7 Å². The molecule has 5 aromatic rings. The third-order valence-corrected chi connectivity index (χ3v) is 15.7. The molecule has 3 aliphatic heterocycles. The standard InChI is InChI=1S/C64H85N11O11/c1-41(2)32-51(66-62(82)53(34-45-16-12-9-13-17-45)68-61(81)52(33-42(3)4)67-60(80)50(23-20-44-14-10-8-11-15-44)65-56(78)38-73-28-30-84-31-29-73)58(64(7)40-85-64)71-86-39-57(79)74-26-24-72(25-27-74)37-46-18-21-47(22-19-46)75-59(69-70-63(75)83)49-35-48(43(5)6)54(76)36-55(49)77/h8-19,21-22,35-36,41-43,50-53,76-77H,20,23-34,37-40H2,1-7H3,(H,65,78)(H,66,82)(H,67,80)(H,68,81)(H,70,83). The van der Waals surface area contributed by atoms with Gasteiger partial charge in [-0.25, -0.2) is 4.57 Å². The molecule has 0 aliphatic carbocycles. The number of ether oxygens (including phenoxy) is 2. The highest BCUT2D eigenvalue weighted by Gasteiger charge is 2.49. The number of benzene rings is 4. The normalized spacial score (nSPS) is 18.1. The van der Waals surface area contributed by atoms with Gasteiger partial charge in [-0.3, -0.25) is 33.8 Å². The van der Waals surface area contributed by atoms with E-state index in [1.807, 2.05) is 138 Å². The molecule has 8 rings (SSSR count). The minimum Gasteiger partial charge on any atom is -0.508 e. The van der Waals surface area contributed by atoms with Crippen molar-refractivity contribution < 1.29 is 53.6 Å². The van der Waals surface area contributed by atoms with Crippen LogP contribution in [0.5, 0.6) is 17.5 Å². The van der Waals surface area contributed by atoms with Crippen LogP contribution in [0.3, 0.4) is 0 Å². The van der Waals surface area contributed by atoms with Gasteiger partial charge in [0.15, 0.2) is 12.4 Å². The van der Waals surface area contributed by atoms with Crippen molar-refractivity contribution in [3.8, 4) is 34.6 Å². The summed E-state index contributed by atoms with van der Waals surface area (Å²) in [4.78, 5) is 82.7. The van der Waals surface area contributed by atoms with Crippen molar-refractivity contribution in [3.05, 3.63) is 119 Å². The zero-order valence-corrected chi connectivity index (χ0v) is 50.5. The van der Waals surface area contributed by atoms with Crippen LogP contribution in [-0.2, 0) is 57.7 Å². The first kappa shape index (κ1) is 64.1. The van der Waals surface area contributed by atoms with Crippen LogP contribution in [0.4, 0.5) is 0 Å². The summed E-state index contributed by atoms with van der Waals surface area (Å²) in [6, 6.07) is 25.3. The number of oxime groups is 1. The van der Waals surface area contributed by atoms with Crippen LogP contribution in [0.1, 0.15) is 95.9 Å². The van der Waals surface area contributed by atoms with Crippen molar-refractivity contribution in [2.45, 2.75) is 123 Å². The van der Waals surface area contributed by atoms with Gasteiger partial charge >= 0.3 is 6.01 Å². The van der Waals surface area contributed by atoms with Gasteiger partial charge < -0.3 is 55.8 Å². The summed E-state index contributed by atoms with van der Waals surface area (Å²) in [5, 5.41) is 56.6. The van der Waals surface area contributed by atoms with Gasteiger partial charge in [0.1, 0.15) is 40.9 Å². The van der Waals surface area contributed by atoms with Gasteiger partial charge in [-0.1, -0.05) is 125 Å². The largest absolute Gasteiger partial charge is 0.508 e. The third kappa shape index (κ3) is 17.8. The van der Waals surface area contributed by atoms with Gasteiger partial charge in [0, 0.05) is 58.3 Å². The summed E-state index contributed by atoms with van der Waals surface area (Å²) in [6.07, 6.45) is 1.61. The smallest absolute Gasteiger partial charge is 0.319 e.